The highest BCUT2D eigenvalue weighted by Gasteiger charge is 2.22. The molecule has 1 aromatic heterocycles. The number of carbonyl (C=O) groups is 2. The van der Waals surface area contributed by atoms with Crippen LogP contribution in [0.25, 0.3) is 0 Å². The van der Waals surface area contributed by atoms with Gasteiger partial charge in [0, 0.05) is 17.9 Å². The van der Waals surface area contributed by atoms with Crippen LogP contribution in [0.15, 0.2) is 30.3 Å². The van der Waals surface area contributed by atoms with E-state index in [1.807, 2.05) is 6.92 Å². The number of amides is 1. The predicted octanol–water partition coefficient (Wildman–Crippen LogP) is 3.03. The van der Waals surface area contributed by atoms with E-state index in [1.54, 1.807) is 31.2 Å². The summed E-state index contributed by atoms with van der Waals surface area (Å²) < 4.78 is 7.06. The van der Waals surface area contributed by atoms with E-state index in [0.717, 1.165) is 38.2 Å². The molecule has 7 nitrogen and oxygen atoms in total. The van der Waals surface area contributed by atoms with Crippen LogP contribution in [0.5, 0.6) is 0 Å². The Morgan fingerprint density at radius 3 is 2.45 bits per heavy atom. The van der Waals surface area contributed by atoms with Gasteiger partial charge in [0.25, 0.3) is 0 Å². The van der Waals surface area contributed by atoms with E-state index in [2.05, 4.69) is 33.0 Å². The fraction of sp³-hybridized carbons (Fsp3) is 0.500. The van der Waals surface area contributed by atoms with Crippen LogP contribution in [-0.2, 0) is 16.1 Å². The quantitative estimate of drug-likeness (QED) is 0.726. The van der Waals surface area contributed by atoms with Crippen molar-refractivity contribution in [3.63, 3.8) is 0 Å². The Hall–Kier alpha value is -2.67. The van der Waals surface area contributed by atoms with Gasteiger partial charge in [0.2, 0.25) is 5.91 Å². The lowest BCUT2D eigenvalue weighted by Gasteiger charge is -2.31. The summed E-state index contributed by atoms with van der Waals surface area (Å²) in [5.74, 6) is 0.210. The van der Waals surface area contributed by atoms with Gasteiger partial charge in [-0.15, -0.1) is 0 Å². The number of likely N-dealkylation sites (tertiary alicyclic amines) is 1. The van der Waals surface area contributed by atoms with Crippen LogP contribution in [-0.4, -0.2) is 52.8 Å². The van der Waals surface area contributed by atoms with Crippen LogP contribution in [0, 0.1) is 19.8 Å². The highest BCUT2D eigenvalue weighted by molar-refractivity contribution is 5.94. The lowest BCUT2D eigenvalue weighted by molar-refractivity contribution is -0.117. The third kappa shape index (κ3) is 5.90. The van der Waals surface area contributed by atoms with Crippen LogP contribution in [0.3, 0.4) is 0 Å². The number of rotatable bonds is 7. The van der Waals surface area contributed by atoms with Gasteiger partial charge in [0.05, 0.1) is 24.4 Å². The van der Waals surface area contributed by atoms with E-state index in [0.29, 0.717) is 30.3 Å². The van der Waals surface area contributed by atoms with Crippen molar-refractivity contribution in [3.8, 4) is 0 Å². The molecule has 1 fully saturated rings. The van der Waals surface area contributed by atoms with Gasteiger partial charge >= 0.3 is 5.97 Å². The van der Waals surface area contributed by atoms with Gasteiger partial charge in [0.1, 0.15) is 0 Å². The molecule has 0 aliphatic carbocycles. The number of hydrogen-bond donors (Lipinski definition) is 1. The monoisotopic (exact) mass is 398 g/mol. The molecule has 156 valence electrons. The lowest BCUT2D eigenvalue weighted by Crippen LogP contribution is -2.40. The minimum Gasteiger partial charge on any atom is -0.462 e. The van der Waals surface area contributed by atoms with E-state index in [4.69, 9.17) is 4.74 Å². The fourth-order valence-electron chi connectivity index (χ4n) is 3.74. The number of esters is 1. The molecule has 0 spiro atoms. The molecule has 1 aliphatic heterocycles. The van der Waals surface area contributed by atoms with E-state index in [-0.39, 0.29) is 11.9 Å². The molecule has 1 amide bonds. The van der Waals surface area contributed by atoms with Crippen LogP contribution >= 0.6 is 0 Å². The third-order valence-electron chi connectivity index (χ3n) is 5.29. The molecule has 0 unspecified atom stereocenters. The molecular formula is C22H30N4O3. The number of ether oxygens (including phenoxy) is 1. The second kappa shape index (κ2) is 9.69. The summed E-state index contributed by atoms with van der Waals surface area (Å²) >= 11 is 0. The fourth-order valence-corrected chi connectivity index (χ4v) is 3.74. The number of aromatic nitrogens is 2. The average molecular weight is 399 g/mol. The summed E-state index contributed by atoms with van der Waals surface area (Å²) in [6.07, 6.45) is 2.14. The summed E-state index contributed by atoms with van der Waals surface area (Å²) in [5.41, 5.74) is 3.43. The van der Waals surface area contributed by atoms with Gasteiger partial charge in [-0.2, -0.15) is 5.10 Å². The normalized spacial score (nSPS) is 15.3. The Balaban J connectivity index is 1.42. The Bertz CT molecular complexity index is 836. The Morgan fingerprint density at radius 1 is 1.17 bits per heavy atom. The summed E-state index contributed by atoms with van der Waals surface area (Å²) in [4.78, 5) is 26.2. The second-order valence-corrected chi connectivity index (χ2v) is 7.67. The van der Waals surface area contributed by atoms with Gasteiger partial charge in [-0.3, -0.25) is 14.4 Å². The molecule has 0 atom stereocenters. The minimum atomic E-state index is -0.353. The van der Waals surface area contributed by atoms with Crippen LogP contribution < -0.4 is 5.32 Å². The Labute approximate surface area is 172 Å². The first kappa shape index (κ1) is 21.0. The smallest absolute Gasteiger partial charge is 0.338 e. The van der Waals surface area contributed by atoms with Crippen molar-refractivity contribution in [2.24, 2.45) is 5.92 Å². The van der Waals surface area contributed by atoms with Gasteiger partial charge < -0.3 is 10.1 Å². The number of anilines is 1. The highest BCUT2D eigenvalue weighted by Crippen LogP contribution is 2.20. The zero-order chi connectivity index (χ0) is 20.8. The number of carbonyl (C=O) groups excluding carboxylic acids is 2. The maximum absolute atomic E-state index is 12.4. The maximum Gasteiger partial charge on any atom is 0.338 e. The Morgan fingerprint density at radius 2 is 1.86 bits per heavy atom. The summed E-state index contributed by atoms with van der Waals surface area (Å²) in [6, 6.07) is 8.89. The number of piperidine rings is 1. The van der Waals surface area contributed by atoms with Gasteiger partial charge in [0.15, 0.2) is 0 Å². The highest BCUT2D eigenvalue weighted by atomic mass is 16.5. The number of nitrogens with zero attached hydrogens (tertiary/aromatic N) is 3. The molecule has 1 saturated heterocycles. The molecule has 0 bridgehead atoms. The molecule has 0 radical (unpaired) electrons. The zero-order valence-electron chi connectivity index (χ0n) is 17.5. The zero-order valence-corrected chi connectivity index (χ0v) is 17.5. The van der Waals surface area contributed by atoms with Gasteiger partial charge in [-0.1, -0.05) is 0 Å². The van der Waals surface area contributed by atoms with Crippen LogP contribution in [0.4, 0.5) is 5.69 Å². The summed E-state index contributed by atoms with van der Waals surface area (Å²) in [5, 5.41) is 7.46. The molecule has 1 aromatic carbocycles. The van der Waals surface area contributed by atoms with Crippen molar-refractivity contribution in [1.82, 2.24) is 14.7 Å². The maximum atomic E-state index is 12.4. The molecule has 7 heteroatoms. The molecule has 0 saturated carbocycles. The summed E-state index contributed by atoms with van der Waals surface area (Å²) in [7, 11) is 0. The van der Waals surface area contributed by atoms with Crippen molar-refractivity contribution in [1.29, 1.82) is 0 Å². The third-order valence-corrected chi connectivity index (χ3v) is 5.29. The SMILES string of the molecule is CCOC(=O)c1ccc(NC(=O)CN2CCC(Cn3nc(C)cc3C)CC2)cc1. The van der Waals surface area contributed by atoms with Crippen molar-refractivity contribution in [2.75, 3.05) is 31.6 Å². The van der Waals surface area contributed by atoms with Gasteiger partial charge in [-0.05, 0) is 83.0 Å². The minimum absolute atomic E-state index is 0.0362. The Kier molecular flexibility index (Phi) is 7.04. The predicted molar refractivity (Wildman–Crippen MR) is 112 cm³/mol. The van der Waals surface area contributed by atoms with E-state index in [9.17, 15) is 9.59 Å². The number of nitrogens with one attached hydrogen (secondary N) is 1. The molecule has 1 N–H and O–H groups in total. The molecule has 2 heterocycles. The van der Waals surface area contributed by atoms with Crippen molar-refractivity contribution >= 4 is 17.6 Å². The standard InChI is InChI=1S/C22H30N4O3/c1-4-29-22(28)19-5-7-20(8-6-19)23-21(27)15-25-11-9-18(10-12-25)14-26-17(3)13-16(2)24-26/h5-8,13,18H,4,9-12,14-15H2,1-3H3,(H,23,27). The first-order valence-corrected chi connectivity index (χ1v) is 10.2. The van der Waals surface area contributed by atoms with E-state index < -0.39 is 0 Å². The van der Waals surface area contributed by atoms with Crippen molar-refractivity contribution < 1.29 is 14.3 Å². The first-order valence-electron chi connectivity index (χ1n) is 10.2. The molecule has 29 heavy (non-hydrogen) atoms. The number of benzene rings is 1. The largest absolute Gasteiger partial charge is 0.462 e. The summed E-state index contributed by atoms with van der Waals surface area (Å²) in [6.45, 7) is 9.40. The topological polar surface area (TPSA) is 76.5 Å². The molecule has 2 aromatic rings. The lowest BCUT2D eigenvalue weighted by atomic mass is 9.97. The molecule has 3 rings (SSSR count). The average Bonchev–Trinajstić information content (AvgIpc) is 3.01. The number of hydrogen-bond acceptors (Lipinski definition) is 5. The van der Waals surface area contributed by atoms with Crippen LogP contribution in [0.1, 0.15) is 41.5 Å². The molecule has 1 aliphatic rings. The first-order chi connectivity index (χ1) is 13.9. The van der Waals surface area contributed by atoms with E-state index >= 15 is 0 Å². The second-order valence-electron chi connectivity index (χ2n) is 7.67. The van der Waals surface area contributed by atoms with E-state index in [1.165, 1.54) is 5.69 Å². The van der Waals surface area contributed by atoms with Gasteiger partial charge in [-0.25, -0.2) is 4.79 Å². The van der Waals surface area contributed by atoms with Crippen LogP contribution in [0.2, 0.25) is 0 Å². The number of aryl methyl sites for hydroxylation is 2. The van der Waals surface area contributed by atoms with Crippen molar-refractivity contribution in [3.05, 3.63) is 47.3 Å². The van der Waals surface area contributed by atoms with Crippen molar-refractivity contribution in [2.45, 2.75) is 40.2 Å². The molecular weight excluding hydrogens is 368 g/mol.